The first-order valence-electron chi connectivity index (χ1n) is 7.07. The summed E-state index contributed by atoms with van der Waals surface area (Å²) in [6, 6.07) is 2.38. The summed E-state index contributed by atoms with van der Waals surface area (Å²) in [6.45, 7) is 3.68. The summed E-state index contributed by atoms with van der Waals surface area (Å²) in [5, 5.41) is 18.3. The number of hydrogen-bond donors (Lipinski definition) is 0. The van der Waals surface area contributed by atoms with E-state index >= 15 is 0 Å². The standard InChI is InChI=1S/C14H22N4/c1-16-14(10-6-3-7-11-14)18-17-13(12-15)8-4-2-5-9-13/h1-11H2. The largest absolute Gasteiger partial charge is 0.269 e. The minimum Gasteiger partial charge on any atom is -0.269 e. The Morgan fingerprint density at radius 1 is 0.833 bits per heavy atom. The van der Waals surface area contributed by atoms with E-state index < -0.39 is 11.2 Å². The minimum atomic E-state index is -0.576. The van der Waals surface area contributed by atoms with Crippen LogP contribution in [0.25, 0.3) is 0 Å². The first kappa shape index (κ1) is 13.2. The number of nitriles is 1. The first-order valence-corrected chi connectivity index (χ1v) is 7.07. The van der Waals surface area contributed by atoms with Crippen LogP contribution in [0.3, 0.4) is 0 Å². The van der Waals surface area contributed by atoms with E-state index in [2.05, 4.69) is 28.0 Å². The Kier molecular flexibility index (Phi) is 4.11. The number of nitrogens with zero attached hydrogens (tertiary/aromatic N) is 4. The number of hydrogen-bond acceptors (Lipinski definition) is 4. The molecule has 0 unspecified atom stereocenters. The Balaban J connectivity index is 2.11. The van der Waals surface area contributed by atoms with Crippen LogP contribution in [0.4, 0.5) is 0 Å². The molecule has 2 aliphatic carbocycles. The van der Waals surface area contributed by atoms with Gasteiger partial charge in [0.05, 0.1) is 6.07 Å². The molecule has 2 fully saturated rings. The van der Waals surface area contributed by atoms with Crippen molar-refractivity contribution < 1.29 is 0 Å². The van der Waals surface area contributed by atoms with E-state index in [0.29, 0.717) is 0 Å². The fourth-order valence-electron chi connectivity index (χ4n) is 2.97. The van der Waals surface area contributed by atoms with Crippen molar-refractivity contribution in [3.63, 3.8) is 0 Å². The molecule has 2 saturated carbocycles. The molecule has 2 aliphatic rings. The van der Waals surface area contributed by atoms with Gasteiger partial charge in [-0.05, 0) is 58.1 Å². The SMILES string of the molecule is C=NC1(N=NC2(C#N)CCCCC2)CCCCC1. The molecule has 0 atom stereocenters. The van der Waals surface area contributed by atoms with Crippen molar-refractivity contribution in [3.05, 3.63) is 0 Å². The van der Waals surface area contributed by atoms with E-state index in [1.165, 1.54) is 12.8 Å². The summed E-state index contributed by atoms with van der Waals surface area (Å²) in [5.41, 5.74) is -1.01. The van der Waals surface area contributed by atoms with Gasteiger partial charge >= 0.3 is 0 Å². The Hall–Kier alpha value is -1.24. The molecular weight excluding hydrogens is 224 g/mol. The van der Waals surface area contributed by atoms with Gasteiger partial charge in [0.1, 0.15) is 0 Å². The maximum atomic E-state index is 9.38. The van der Waals surface area contributed by atoms with Gasteiger partial charge in [-0.2, -0.15) is 15.5 Å². The van der Waals surface area contributed by atoms with Crippen molar-refractivity contribution >= 4 is 6.72 Å². The van der Waals surface area contributed by atoms with E-state index in [1.54, 1.807) is 0 Å². The molecule has 0 aromatic carbocycles. The van der Waals surface area contributed by atoms with Crippen molar-refractivity contribution in [2.75, 3.05) is 0 Å². The molecule has 0 heterocycles. The smallest absolute Gasteiger partial charge is 0.169 e. The molecule has 2 rings (SSSR count). The summed E-state index contributed by atoms with van der Waals surface area (Å²) >= 11 is 0. The number of azo groups is 1. The zero-order chi connectivity index (χ0) is 12.9. The van der Waals surface area contributed by atoms with Crippen LogP contribution in [-0.2, 0) is 0 Å². The summed E-state index contributed by atoms with van der Waals surface area (Å²) in [4.78, 5) is 4.21. The molecule has 4 heteroatoms. The minimum absolute atomic E-state index is 0.431. The van der Waals surface area contributed by atoms with Gasteiger partial charge in [0.15, 0.2) is 11.2 Å². The highest BCUT2D eigenvalue weighted by Crippen LogP contribution is 2.36. The van der Waals surface area contributed by atoms with E-state index in [9.17, 15) is 5.26 Å². The van der Waals surface area contributed by atoms with E-state index in [4.69, 9.17) is 0 Å². The van der Waals surface area contributed by atoms with Gasteiger partial charge in [-0.3, -0.25) is 4.99 Å². The lowest BCUT2D eigenvalue weighted by molar-refractivity contribution is 0.274. The van der Waals surface area contributed by atoms with Crippen LogP contribution in [0.5, 0.6) is 0 Å². The van der Waals surface area contributed by atoms with Crippen LogP contribution < -0.4 is 0 Å². The van der Waals surface area contributed by atoms with Gasteiger partial charge in [-0.1, -0.05) is 12.8 Å². The molecule has 0 aromatic rings. The fraction of sp³-hybridized carbons (Fsp3) is 0.857. The molecule has 0 aliphatic heterocycles. The topological polar surface area (TPSA) is 60.9 Å². The molecule has 0 spiro atoms. The van der Waals surface area contributed by atoms with Crippen molar-refractivity contribution in [3.8, 4) is 6.07 Å². The summed E-state index contributed by atoms with van der Waals surface area (Å²) in [5.74, 6) is 0. The van der Waals surface area contributed by atoms with Gasteiger partial charge in [-0.25, -0.2) is 0 Å². The lowest BCUT2D eigenvalue weighted by Crippen LogP contribution is -2.31. The first-order chi connectivity index (χ1) is 8.74. The monoisotopic (exact) mass is 246 g/mol. The summed E-state index contributed by atoms with van der Waals surface area (Å²) < 4.78 is 0. The van der Waals surface area contributed by atoms with Crippen LogP contribution in [0.1, 0.15) is 64.2 Å². The quantitative estimate of drug-likeness (QED) is 0.548. The van der Waals surface area contributed by atoms with Crippen molar-refractivity contribution in [1.29, 1.82) is 5.26 Å². The fourth-order valence-corrected chi connectivity index (χ4v) is 2.97. The predicted molar refractivity (Wildman–Crippen MR) is 71.7 cm³/mol. The van der Waals surface area contributed by atoms with Crippen LogP contribution in [0, 0.1) is 11.3 Å². The van der Waals surface area contributed by atoms with Crippen molar-refractivity contribution in [1.82, 2.24) is 0 Å². The second-order valence-electron chi connectivity index (χ2n) is 5.61. The maximum Gasteiger partial charge on any atom is 0.169 e. The Labute approximate surface area is 109 Å². The molecule has 0 N–H and O–H groups in total. The normalized spacial score (nSPS) is 26.6. The molecule has 0 radical (unpaired) electrons. The zero-order valence-corrected chi connectivity index (χ0v) is 11.1. The second kappa shape index (κ2) is 5.60. The highest BCUT2D eigenvalue weighted by molar-refractivity contribution is 5.26. The molecule has 98 valence electrons. The van der Waals surface area contributed by atoms with Crippen LogP contribution in [-0.4, -0.2) is 17.9 Å². The summed E-state index contributed by atoms with van der Waals surface area (Å²) in [7, 11) is 0. The molecule has 0 aromatic heterocycles. The van der Waals surface area contributed by atoms with Crippen LogP contribution in [0.15, 0.2) is 15.2 Å². The Bertz CT molecular complexity index is 354. The molecule has 0 bridgehead atoms. The van der Waals surface area contributed by atoms with E-state index in [0.717, 1.165) is 51.4 Å². The highest BCUT2D eigenvalue weighted by atomic mass is 15.3. The molecule has 0 amide bonds. The Morgan fingerprint density at radius 3 is 1.89 bits per heavy atom. The van der Waals surface area contributed by atoms with Crippen molar-refractivity contribution in [2.45, 2.75) is 75.4 Å². The van der Waals surface area contributed by atoms with Gasteiger partial charge in [0, 0.05) is 0 Å². The van der Waals surface area contributed by atoms with Gasteiger partial charge < -0.3 is 0 Å². The van der Waals surface area contributed by atoms with Crippen molar-refractivity contribution in [2.24, 2.45) is 15.2 Å². The lowest BCUT2D eigenvalue weighted by atomic mass is 9.83. The third-order valence-electron chi connectivity index (χ3n) is 4.27. The highest BCUT2D eigenvalue weighted by Gasteiger charge is 2.35. The molecule has 0 saturated heterocycles. The average molecular weight is 246 g/mol. The van der Waals surface area contributed by atoms with E-state index in [-0.39, 0.29) is 0 Å². The molecule has 4 nitrogen and oxygen atoms in total. The van der Waals surface area contributed by atoms with E-state index in [1.807, 2.05) is 0 Å². The van der Waals surface area contributed by atoms with Gasteiger partial charge in [-0.15, -0.1) is 0 Å². The maximum absolute atomic E-state index is 9.38. The summed E-state index contributed by atoms with van der Waals surface area (Å²) in [6.07, 6.45) is 10.5. The Morgan fingerprint density at radius 2 is 1.39 bits per heavy atom. The third kappa shape index (κ3) is 2.77. The number of rotatable bonds is 3. The molecular formula is C14H22N4. The lowest BCUT2D eigenvalue weighted by Gasteiger charge is -2.31. The third-order valence-corrected chi connectivity index (χ3v) is 4.27. The van der Waals surface area contributed by atoms with Gasteiger partial charge in [0.2, 0.25) is 0 Å². The zero-order valence-electron chi connectivity index (χ0n) is 11.1. The van der Waals surface area contributed by atoms with Crippen LogP contribution >= 0.6 is 0 Å². The number of aliphatic imine (C=N–C) groups is 1. The van der Waals surface area contributed by atoms with Crippen LogP contribution in [0.2, 0.25) is 0 Å². The van der Waals surface area contributed by atoms with Gasteiger partial charge in [0.25, 0.3) is 0 Å². The predicted octanol–water partition coefficient (Wildman–Crippen LogP) is 4.03. The molecule has 18 heavy (non-hydrogen) atoms. The average Bonchev–Trinajstić information content (AvgIpc) is 2.47. The second-order valence-corrected chi connectivity index (χ2v) is 5.61.